The van der Waals surface area contributed by atoms with Gasteiger partial charge in [0, 0.05) is 12.2 Å². The van der Waals surface area contributed by atoms with Gasteiger partial charge in [0.1, 0.15) is 24.0 Å². The Morgan fingerprint density at radius 2 is 2.00 bits per heavy atom. The van der Waals surface area contributed by atoms with Crippen LogP contribution >= 0.6 is 0 Å². The minimum atomic E-state index is -0.518. The highest BCUT2D eigenvalue weighted by Gasteiger charge is 2.36. The Morgan fingerprint density at radius 3 is 2.69 bits per heavy atom. The van der Waals surface area contributed by atoms with E-state index < -0.39 is 5.60 Å². The van der Waals surface area contributed by atoms with Crippen LogP contribution in [0.1, 0.15) is 29.9 Å². The first kappa shape index (κ1) is 18.2. The Labute approximate surface area is 152 Å². The molecule has 0 bridgehead atoms. The quantitative estimate of drug-likeness (QED) is 0.913. The highest BCUT2D eigenvalue weighted by Crippen LogP contribution is 2.23. The van der Waals surface area contributed by atoms with Gasteiger partial charge in [0.2, 0.25) is 0 Å². The molecule has 0 spiro atoms. The first-order chi connectivity index (χ1) is 12.3. The summed E-state index contributed by atoms with van der Waals surface area (Å²) in [6, 6.07) is 12.8. The Hall–Kier alpha value is -2.60. The zero-order valence-corrected chi connectivity index (χ0v) is 15.3. The number of rotatable bonds is 4. The first-order valence-corrected chi connectivity index (χ1v) is 8.69. The predicted molar refractivity (Wildman–Crippen MR) is 98.6 cm³/mol. The van der Waals surface area contributed by atoms with Crippen molar-refractivity contribution in [3.63, 3.8) is 0 Å². The summed E-state index contributed by atoms with van der Waals surface area (Å²) in [4.78, 5) is 29.3. The minimum Gasteiger partial charge on any atom is -0.491 e. The fraction of sp³-hybridized carbons (Fsp3) is 0.400. The number of aromatic nitrogens is 1. The molecule has 138 valence electrons. The van der Waals surface area contributed by atoms with Gasteiger partial charge >= 0.3 is 0 Å². The van der Waals surface area contributed by atoms with Gasteiger partial charge in [0.25, 0.3) is 11.5 Å². The van der Waals surface area contributed by atoms with Crippen molar-refractivity contribution < 1.29 is 14.3 Å². The number of H-pyrrole nitrogens is 1. The summed E-state index contributed by atoms with van der Waals surface area (Å²) in [6.07, 6.45) is -0.271. The van der Waals surface area contributed by atoms with Gasteiger partial charge in [-0.05, 0) is 45.0 Å². The monoisotopic (exact) mass is 356 g/mol. The summed E-state index contributed by atoms with van der Waals surface area (Å²) in [6.45, 7) is 6.78. The maximum Gasteiger partial charge on any atom is 0.260 e. The van der Waals surface area contributed by atoms with Crippen LogP contribution in [-0.4, -0.2) is 47.2 Å². The Kier molecular flexibility index (Phi) is 5.13. The van der Waals surface area contributed by atoms with Crippen LogP contribution in [-0.2, 0) is 4.74 Å². The molecule has 2 heterocycles. The second kappa shape index (κ2) is 7.33. The van der Waals surface area contributed by atoms with E-state index in [4.69, 9.17) is 9.47 Å². The molecule has 1 amide bonds. The molecule has 1 saturated heterocycles. The van der Waals surface area contributed by atoms with Crippen molar-refractivity contribution in [3.8, 4) is 5.75 Å². The number of carbonyl (C=O) groups is 1. The van der Waals surface area contributed by atoms with Gasteiger partial charge in [-0.1, -0.05) is 18.2 Å². The standard InChI is InChI=1S/C20H24N2O4/c1-14-9-10-17(18(23)21-14)19(24)22-11-16(26-20(2,3)13-22)12-25-15-7-5-4-6-8-15/h4-10,16H,11-13H2,1-3H3,(H,21,23). The second-order valence-electron chi connectivity index (χ2n) is 7.19. The molecule has 6 heteroatoms. The molecule has 1 fully saturated rings. The summed E-state index contributed by atoms with van der Waals surface area (Å²) >= 11 is 0. The molecule has 1 aliphatic heterocycles. The van der Waals surface area contributed by atoms with Gasteiger partial charge in [0.05, 0.1) is 12.1 Å². The number of para-hydroxylation sites is 1. The third-order valence-corrected chi connectivity index (χ3v) is 4.23. The molecule has 26 heavy (non-hydrogen) atoms. The van der Waals surface area contributed by atoms with Crippen LogP contribution in [0.15, 0.2) is 47.3 Å². The minimum absolute atomic E-state index is 0.149. The molecule has 1 unspecified atom stereocenters. The molecule has 2 aromatic rings. The van der Waals surface area contributed by atoms with Crippen LogP contribution in [0, 0.1) is 6.92 Å². The maximum absolute atomic E-state index is 12.8. The molecule has 1 N–H and O–H groups in total. The molecule has 1 aromatic heterocycles. The topological polar surface area (TPSA) is 71.6 Å². The number of morpholine rings is 1. The normalized spacial score (nSPS) is 19.2. The van der Waals surface area contributed by atoms with Crippen molar-refractivity contribution >= 4 is 5.91 Å². The molecule has 0 saturated carbocycles. The van der Waals surface area contributed by atoms with Crippen molar-refractivity contribution in [1.29, 1.82) is 0 Å². The van der Waals surface area contributed by atoms with Crippen molar-refractivity contribution in [1.82, 2.24) is 9.88 Å². The molecule has 0 aliphatic carbocycles. The van der Waals surface area contributed by atoms with Crippen molar-refractivity contribution in [2.75, 3.05) is 19.7 Å². The Bertz CT molecular complexity index is 829. The number of nitrogens with one attached hydrogen (secondary N) is 1. The lowest BCUT2D eigenvalue weighted by molar-refractivity contribution is -0.136. The summed E-state index contributed by atoms with van der Waals surface area (Å²) in [5, 5.41) is 0. The van der Waals surface area contributed by atoms with E-state index >= 15 is 0 Å². The summed E-state index contributed by atoms with van der Waals surface area (Å²) in [5.74, 6) is 0.472. The zero-order chi connectivity index (χ0) is 18.7. The van der Waals surface area contributed by atoms with Crippen LogP contribution in [0.4, 0.5) is 0 Å². The van der Waals surface area contributed by atoms with Gasteiger partial charge in [0.15, 0.2) is 0 Å². The van der Waals surface area contributed by atoms with E-state index in [1.165, 1.54) is 0 Å². The molecule has 3 rings (SSSR count). The van der Waals surface area contributed by atoms with Crippen molar-refractivity contribution in [2.45, 2.75) is 32.5 Å². The number of hydrogen-bond acceptors (Lipinski definition) is 4. The first-order valence-electron chi connectivity index (χ1n) is 8.69. The number of hydrogen-bond donors (Lipinski definition) is 1. The van der Waals surface area contributed by atoms with Crippen LogP contribution in [0.3, 0.4) is 0 Å². The number of carbonyl (C=O) groups excluding carboxylic acids is 1. The third-order valence-electron chi connectivity index (χ3n) is 4.23. The number of amides is 1. The van der Waals surface area contributed by atoms with Gasteiger partial charge in [-0.3, -0.25) is 9.59 Å². The van der Waals surface area contributed by atoms with Gasteiger partial charge in [-0.15, -0.1) is 0 Å². The van der Waals surface area contributed by atoms with Crippen molar-refractivity contribution in [2.24, 2.45) is 0 Å². The SMILES string of the molecule is Cc1ccc(C(=O)N2CC(COc3ccccc3)OC(C)(C)C2)c(=O)[nH]1. The lowest BCUT2D eigenvalue weighted by atomic mass is 10.0. The van der Waals surface area contributed by atoms with Gasteiger partial charge in [-0.2, -0.15) is 0 Å². The lowest BCUT2D eigenvalue weighted by Crippen LogP contribution is -2.56. The van der Waals surface area contributed by atoms with E-state index in [-0.39, 0.29) is 23.1 Å². The maximum atomic E-state index is 12.8. The van der Waals surface area contributed by atoms with E-state index in [1.54, 1.807) is 24.0 Å². The number of aromatic amines is 1. The van der Waals surface area contributed by atoms with Crippen LogP contribution < -0.4 is 10.3 Å². The fourth-order valence-corrected chi connectivity index (χ4v) is 3.15. The zero-order valence-electron chi connectivity index (χ0n) is 15.3. The molecule has 1 aromatic carbocycles. The predicted octanol–water partition coefficient (Wildman–Crippen LogP) is 2.38. The molecular weight excluding hydrogens is 332 g/mol. The van der Waals surface area contributed by atoms with Crippen LogP contribution in [0.25, 0.3) is 0 Å². The van der Waals surface area contributed by atoms with E-state index in [9.17, 15) is 9.59 Å². The highest BCUT2D eigenvalue weighted by molar-refractivity contribution is 5.94. The number of aryl methyl sites for hydroxylation is 1. The molecule has 6 nitrogen and oxygen atoms in total. The van der Waals surface area contributed by atoms with Crippen molar-refractivity contribution in [3.05, 3.63) is 64.1 Å². The number of pyridine rings is 1. The van der Waals surface area contributed by atoms with Crippen LogP contribution in [0.2, 0.25) is 0 Å². The summed E-state index contributed by atoms with van der Waals surface area (Å²) in [5.41, 5.74) is -0.00814. The van der Waals surface area contributed by atoms with E-state index in [0.717, 1.165) is 11.4 Å². The van der Waals surface area contributed by atoms with E-state index in [2.05, 4.69) is 4.98 Å². The second-order valence-corrected chi connectivity index (χ2v) is 7.19. The number of benzene rings is 1. The summed E-state index contributed by atoms with van der Waals surface area (Å²) in [7, 11) is 0. The van der Waals surface area contributed by atoms with Gasteiger partial charge < -0.3 is 19.4 Å². The Morgan fingerprint density at radius 1 is 1.27 bits per heavy atom. The lowest BCUT2D eigenvalue weighted by Gasteiger charge is -2.42. The number of nitrogens with zero attached hydrogens (tertiary/aromatic N) is 1. The molecule has 1 aliphatic rings. The number of ether oxygens (including phenoxy) is 2. The van der Waals surface area contributed by atoms with Crippen LogP contribution in [0.5, 0.6) is 5.75 Å². The fourth-order valence-electron chi connectivity index (χ4n) is 3.15. The smallest absolute Gasteiger partial charge is 0.260 e. The van der Waals surface area contributed by atoms with Gasteiger partial charge in [-0.25, -0.2) is 0 Å². The Balaban J connectivity index is 1.72. The largest absolute Gasteiger partial charge is 0.491 e. The van der Waals surface area contributed by atoms with E-state index in [0.29, 0.717) is 19.7 Å². The third kappa shape index (κ3) is 4.32. The highest BCUT2D eigenvalue weighted by atomic mass is 16.5. The molecule has 1 atom stereocenters. The van der Waals surface area contributed by atoms with E-state index in [1.807, 2.05) is 44.2 Å². The average Bonchev–Trinajstić information content (AvgIpc) is 2.59. The average molecular weight is 356 g/mol. The molecule has 0 radical (unpaired) electrons. The summed E-state index contributed by atoms with van der Waals surface area (Å²) < 4.78 is 11.8. The molecular formula is C20H24N2O4.